The van der Waals surface area contributed by atoms with E-state index in [0.29, 0.717) is 6.42 Å². The zero-order chi connectivity index (χ0) is 15.7. The molecule has 0 radical (unpaired) electrons. The van der Waals surface area contributed by atoms with E-state index in [1.54, 1.807) is 13.8 Å². The van der Waals surface area contributed by atoms with Gasteiger partial charge >= 0.3 is 5.97 Å². The predicted octanol–water partition coefficient (Wildman–Crippen LogP) is 1.89. The average Bonchev–Trinajstić information content (AvgIpc) is 2.38. The van der Waals surface area contributed by atoms with E-state index >= 15 is 0 Å². The van der Waals surface area contributed by atoms with Crippen molar-refractivity contribution in [2.45, 2.75) is 78.3 Å². The van der Waals surface area contributed by atoms with Gasteiger partial charge in [-0.25, -0.2) is 0 Å². The summed E-state index contributed by atoms with van der Waals surface area (Å²) in [6.45, 7) is 9.05. The average molecular weight is 290 g/mol. The number of esters is 1. The zero-order valence-corrected chi connectivity index (χ0v) is 13.3. The van der Waals surface area contributed by atoms with Crippen molar-refractivity contribution in [2.75, 3.05) is 6.61 Å². The molecule has 0 aromatic rings. The Morgan fingerprint density at radius 1 is 1.10 bits per heavy atom. The Bertz CT molecular complexity index is 263. The highest BCUT2D eigenvalue weighted by Gasteiger charge is 2.26. The molecule has 4 atom stereocenters. The quantitative estimate of drug-likeness (QED) is 0.601. The van der Waals surface area contributed by atoms with Crippen LogP contribution < -0.4 is 0 Å². The Hall–Kier alpha value is -0.650. The van der Waals surface area contributed by atoms with E-state index in [0.717, 1.165) is 12.8 Å². The Kier molecular flexibility index (Phi) is 9.80. The first-order chi connectivity index (χ1) is 9.35. The molecule has 0 spiro atoms. The third-order valence-corrected chi connectivity index (χ3v) is 3.41. The van der Waals surface area contributed by atoms with Crippen molar-refractivity contribution in [3.8, 4) is 0 Å². The second-order valence-electron chi connectivity index (χ2n) is 5.40. The Labute approximate surface area is 122 Å². The number of carbonyl (C=O) groups excluding carboxylic acids is 1. The van der Waals surface area contributed by atoms with Crippen LogP contribution in [0.3, 0.4) is 0 Å². The Morgan fingerprint density at radius 3 is 2.05 bits per heavy atom. The molecule has 0 amide bonds. The van der Waals surface area contributed by atoms with Crippen molar-refractivity contribution in [1.29, 1.82) is 0 Å². The van der Waals surface area contributed by atoms with Gasteiger partial charge in [0.15, 0.2) is 0 Å². The molecule has 4 unspecified atom stereocenters. The fourth-order valence-corrected chi connectivity index (χ4v) is 2.03. The minimum Gasteiger partial charge on any atom is -0.459 e. The lowest BCUT2D eigenvalue weighted by Crippen LogP contribution is -2.35. The minimum absolute atomic E-state index is 0.0583. The van der Waals surface area contributed by atoms with Crippen LogP contribution in [-0.2, 0) is 14.3 Å². The van der Waals surface area contributed by atoms with Crippen molar-refractivity contribution in [3.63, 3.8) is 0 Å². The van der Waals surface area contributed by atoms with Crippen molar-refractivity contribution >= 4 is 5.97 Å². The highest BCUT2D eigenvalue weighted by Crippen LogP contribution is 2.17. The van der Waals surface area contributed by atoms with Gasteiger partial charge in [-0.3, -0.25) is 4.79 Å². The zero-order valence-electron chi connectivity index (χ0n) is 13.3. The molecule has 0 aliphatic carbocycles. The van der Waals surface area contributed by atoms with Crippen LogP contribution in [0.4, 0.5) is 0 Å². The molecule has 0 heterocycles. The summed E-state index contributed by atoms with van der Waals surface area (Å²) in [5.41, 5.74) is 0. The SMILES string of the molecule is CCC(CC)C(=O)OC(CC(C)OC(C)CO)C(C)O. The van der Waals surface area contributed by atoms with E-state index in [2.05, 4.69) is 0 Å². The first kappa shape index (κ1) is 19.4. The Balaban J connectivity index is 4.46. The van der Waals surface area contributed by atoms with Gasteiger partial charge in [-0.15, -0.1) is 0 Å². The lowest BCUT2D eigenvalue weighted by Gasteiger charge is -2.26. The highest BCUT2D eigenvalue weighted by molar-refractivity contribution is 5.72. The van der Waals surface area contributed by atoms with Gasteiger partial charge in [0.2, 0.25) is 0 Å². The molecule has 0 aromatic heterocycles. The molecule has 0 aliphatic heterocycles. The van der Waals surface area contributed by atoms with Crippen molar-refractivity contribution < 1.29 is 24.5 Å². The summed E-state index contributed by atoms with van der Waals surface area (Å²) < 4.78 is 10.9. The number of aliphatic hydroxyl groups excluding tert-OH is 2. The van der Waals surface area contributed by atoms with Gasteiger partial charge in [0.05, 0.1) is 30.8 Å². The van der Waals surface area contributed by atoms with Gasteiger partial charge < -0.3 is 19.7 Å². The van der Waals surface area contributed by atoms with Crippen molar-refractivity contribution in [2.24, 2.45) is 5.92 Å². The topological polar surface area (TPSA) is 76.0 Å². The lowest BCUT2D eigenvalue weighted by atomic mass is 10.0. The van der Waals surface area contributed by atoms with Crippen LogP contribution in [-0.4, -0.2) is 47.2 Å². The number of aliphatic hydroxyl groups is 2. The highest BCUT2D eigenvalue weighted by atomic mass is 16.6. The number of hydrogen-bond acceptors (Lipinski definition) is 5. The van der Waals surface area contributed by atoms with E-state index in [1.807, 2.05) is 20.8 Å². The molecule has 0 saturated heterocycles. The predicted molar refractivity (Wildman–Crippen MR) is 77.3 cm³/mol. The summed E-state index contributed by atoms with van der Waals surface area (Å²) >= 11 is 0. The molecule has 2 N–H and O–H groups in total. The van der Waals surface area contributed by atoms with Crippen molar-refractivity contribution in [3.05, 3.63) is 0 Å². The summed E-state index contributed by atoms with van der Waals surface area (Å²) in [6.07, 6.45) is 0.0761. The monoisotopic (exact) mass is 290 g/mol. The molecule has 0 aromatic carbocycles. The van der Waals surface area contributed by atoms with Crippen LogP contribution in [0.5, 0.6) is 0 Å². The molecule has 0 fully saturated rings. The molecule has 20 heavy (non-hydrogen) atoms. The Morgan fingerprint density at radius 2 is 1.65 bits per heavy atom. The number of ether oxygens (including phenoxy) is 2. The molecule has 5 heteroatoms. The summed E-state index contributed by atoms with van der Waals surface area (Å²) in [4.78, 5) is 12.0. The van der Waals surface area contributed by atoms with E-state index in [-0.39, 0.29) is 30.7 Å². The maximum Gasteiger partial charge on any atom is 0.309 e. The first-order valence-corrected chi connectivity index (χ1v) is 7.50. The second-order valence-corrected chi connectivity index (χ2v) is 5.40. The van der Waals surface area contributed by atoms with Crippen LogP contribution in [0, 0.1) is 5.92 Å². The fourth-order valence-electron chi connectivity index (χ4n) is 2.03. The number of rotatable bonds is 10. The summed E-state index contributed by atoms with van der Waals surface area (Å²) in [5, 5.41) is 18.7. The number of hydrogen-bond donors (Lipinski definition) is 2. The molecular weight excluding hydrogens is 260 g/mol. The maximum atomic E-state index is 12.0. The molecule has 120 valence electrons. The lowest BCUT2D eigenvalue weighted by molar-refractivity contribution is -0.163. The smallest absolute Gasteiger partial charge is 0.309 e. The third kappa shape index (κ3) is 7.22. The standard InChI is InChI=1S/C15H30O5/c1-6-13(7-2)15(18)20-14(12(5)17)8-10(3)19-11(4)9-16/h10-14,16-17H,6-9H2,1-5H3. The van der Waals surface area contributed by atoms with Crippen LogP contribution in [0.15, 0.2) is 0 Å². The van der Waals surface area contributed by atoms with Crippen LogP contribution in [0.1, 0.15) is 53.9 Å². The van der Waals surface area contributed by atoms with E-state index < -0.39 is 12.2 Å². The van der Waals surface area contributed by atoms with Gasteiger partial charge in [-0.05, 0) is 33.6 Å². The summed E-state index contributed by atoms with van der Waals surface area (Å²) in [6, 6.07) is 0. The van der Waals surface area contributed by atoms with Gasteiger partial charge in [0.1, 0.15) is 6.10 Å². The molecule has 0 aliphatic rings. The summed E-state index contributed by atoms with van der Waals surface area (Å²) in [5.74, 6) is -0.382. The van der Waals surface area contributed by atoms with Crippen molar-refractivity contribution in [1.82, 2.24) is 0 Å². The van der Waals surface area contributed by atoms with Gasteiger partial charge in [-0.1, -0.05) is 13.8 Å². The minimum atomic E-state index is -0.746. The number of carbonyl (C=O) groups is 1. The molecule has 0 rings (SSSR count). The van der Waals surface area contributed by atoms with E-state index in [4.69, 9.17) is 14.6 Å². The van der Waals surface area contributed by atoms with Gasteiger partial charge in [0.25, 0.3) is 0 Å². The maximum absolute atomic E-state index is 12.0. The molecular formula is C15H30O5. The normalized spacial score (nSPS) is 17.6. The van der Waals surface area contributed by atoms with Crippen LogP contribution in [0.2, 0.25) is 0 Å². The molecule has 0 saturated carbocycles. The largest absolute Gasteiger partial charge is 0.459 e. The third-order valence-electron chi connectivity index (χ3n) is 3.41. The summed E-state index contributed by atoms with van der Waals surface area (Å²) in [7, 11) is 0. The molecule has 5 nitrogen and oxygen atoms in total. The van der Waals surface area contributed by atoms with Crippen LogP contribution >= 0.6 is 0 Å². The van der Waals surface area contributed by atoms with Gasteiger partial charge in [0, 0.05) is 6.42 Å². The van der Waals surface area contributed by atoms with E-state index in [1.165, 1.54) is 0 Å². The van der Waals surface area contributed by atoms with Gasteiger partial charge in [-0.2, -0.15) is 0 Å². The first-order valence-electron chi connectivity index (χ1n) is 7.50. The fraction of sp³-hybridized carbons (Fsp3) is 0.933. The molecule has 0 bridgehead atoms. The second kappa shape index (κ2) is 10.1. The van der Waals surface area contributed by atoms with Crippen LogP contribution in [0.25, 0.3) is 0 Å². The van der Waals surface area contributed by atoms with E-state index in [9.17, 15) is 9.90 Å².